The van der Waals surface area contributed by atoms with Crippen LogP contribution in [0.4, 0.5) is 0 Å². The molecule has 1 aromatic heterocycles. The molecule has 1 aliphatic heterocycles. The summed E-state index contributed by atoms with van der Waals surface area (Å²) in [6, 6.07) is 3.85. The molecular formula is C11H11BrN2O2. The Balaban J connectivity index is 2.43. The summed E-state index contributed by atoms with van der Waals surface area (Å²) in [6.07, 6.45) is 1.71. The van der Waals surface area contributed by atoms with E-state index in [2.05, 4.69) is 20.9 Å². The molecule has 1 aromatic carbocycles. The SMILES string of the molecule is O=c1[nH]c2cc(Br)cc3c2n1C(CO)CC3. The van der Waals surface area contributed by atoms with E-state index in [1.165, 1.54) is 0 Å². The first-order valence-corrected chi connectivity index (χ1v) is 6.03. The molecule has 84 valence electrons. The number of nitrogens with zero attached hydrogens (tertiary/aromatic N) is 1. The molecule has 0 spiro atoms. The van der Waals surface area contributed by atoms with Gasteiger partial charge in [0, 0.05) is 4.47 Å². The standard InChI is InChI=1S/C11H11BrN2O2/c12-7-3-6-1-2-8(5-15)14-10(6)9(4-7)13-11(14)16/h3-4,8,15H,1-2,5H2,(H,13,16). The topological polar surface area (TPSA) is 58.0 Å². The van der Waals surface area contributed by atoms with Crippen LogP contribution in [0.2, 0.25) is 0 Å². The van der Waals surface area contributed by atoms with Crippen molar-refractivity contribution in [3.63, 3.8) is 0 Å². The number of aromatic amines is 1. The molecule has 4 nitrogen and oxygen atoms in total. The molecule has 0 radical (unpaired) electrons. The van der Waals surface area contributed by atoms with Crippen molar-refractivity contribution in [2.75, 3.05) is 6.61 Å². The molecular weight excluding hydrogens is 272 g/mol. The van der Waals surface area contributed by atoms with Crippen molar-refractivity contribution < 1.29 is 5.11 Å². The third kappa shape index (κ3) is 1.28. The van der Waals surface area contributed by atoms with Crippen LogP contribution in [0.5, 0.6) is 0 Å². The van der Waals surface area contributed by atoms with Crippen LogP contribution in [0.15, 0.2) is 21.4 Å². The lowest BCUT2D eigenvalue weighted by atomic mass is 9.99. The Kier molecular flexibility index (Phi) is 2.19. The Labute approximate surface area is 100 Å². The van der Waals surface area contributed by atoms with E-state index in [0.717, 1.165) is 33.9 Å². The van der Waals surface area contributed by atoms with Crippen LogP contribution in [-0.4, -0.2) is 21.3 Å². The zero-order valence-electron chi connectivity index (χ0n) is 8.53. The van der Waals surface area contributed by atoms with E-state index in [9.17, 15) is 9.90 Å². The van der Waals surface area contributed by atoms with E-state index < -0.39 is 0 Å². The first-order chi connectivity index (χ1) is 7.70. The Morgan fingerprint density at radius 2 is 2.38 bits per heavy atom. The second kappa shape index (κ2) is 3.46. The summed E-state index contributed by atoms with van der Waals surface area (Å²) in [4.78, 5) is 14.6. The van der Waals surface area contributed by atoms with Gasteiger partial charge in [-0.25, -0.2) is 4.79 Å². The number of aromatic nitrogens is 2. The van der Waals surface area contributed by atoms with Gasteiger partial charge in [0.2, 0.25) is 0 Å². The maximum absolute atomic E-state index is 11.8. The largest absolute Gasteiger partial charge is 0.394 e. The number of hydrogen-bond acceptors (Lipinski definition) is 2. The van der Waals surface area contributed by atoms with Crippen molar-refractivity contribution in [2.45, 2.75) is 18.9 Å². The van der Waals surface area contributed by atoms with E-state index in [1.54, 1.807) is 4.57 Å². The molecule has 0 fully saturated rings. The quantitative estimate of drug-likeness (QED) is 0.834. The minimum Gasteiger partial charge on any atom is -0.394 e. The van der Waals surface area contributed by atoms with Crippen LogP contribution in [-0.2, 0) is 6.42 Å². The lowest BCUT2D eigenvalue weighted by Gasteiger charge is -2.22. The van der Waals surface area contributed by atoms with Crippen molar-refractivity contribution in [3.8, 4) is 0 Å². The number of rotatable bonds is 1. The average Bonchev–Trinajstić information content (AvgIpc) is 2.58. The fraction of sp³-hybridized carbons (Fsp3) is 0.364. The predicted molar refractivity (Wildman–Crippen MR) is 64.7 cm³/mol. The molecule has 2 N–H and O–H groups in total. The molecule has 0 bridgehead atoms. The second-order valence-electron chi connectivity index (χ2n) is 4.14. The number of H-pyrrole nitrogens is 1. The van der Waals surface area contributed by atoms with Crippen molar-refractivity contribution in [2.24, 2.45) is 0 Å². The van der Waals surface area contributed by atoms with Crippen LogP contribution in [0.25, 0.3) is 11.0 Å². The molecule has 1 atom stereocenters. The second-order valence-corrected chi connectivity index (χ2v) is 5.05. The Bertz CT molecular complexity index is 614. The van der Waals surface area contributed by atoms with Gasteiger partial charge in [0.1, 0.15) is 0 Å². The molecule has 0 saturated carbocycles. The number of nitrogens with one attached hydrogen (secondary N) is 1. The molecule has 0 saturated heterocycles. The molecule has 2 heterocycles. The molecule has 0 amide bonds. The van der Waals surface area contributed by atoms with Gasteiger partial charge in [-0.1, -0.05) is 15.9 Å². The third-order valence-corrected chi connectivity index (χ3v) is 3.64. The molecule has 0 aliphatic carbocycles. The molecule has 3 rings (SSSR count). The summed E-state index contributed by atoms with van der Waals surface area (Å²) >= 11 is 3.43. The highest BCUT2D eigenvalue weighted by Crippen LogP contribution is 2.31. The summed E-state index contributed by atoms with van der Waals surface area (Å²) < 4.78 is 2.66. The molecule has 1 aliphatic rings. The Morgan fingerprint density at radius 3 is 3.12 bits per heavy atom. The summed E-state index contributed by atoms with van der Waals surface area (Å²) in [5, 5.41) is 9.28. The highest BCUT2D eigenvalue weighted by Gasteiger charge is 2.23. The van der Waals surface area contributed by atoms with E-state index in [1.807, 2.05) is 12.1 Å². The number of halogens is 1. The highest BCUT2D eigenvalue weighted by molar-refractivity contribution is 9.10. The summed E-state index contributed by atoms with van der Waals surface area (Å²) in [7, 11) is 0. The zero-order valence-corrected chi connectivity index (χ0v) is 10.1. The van der Waals surface area contributed by atoms with E-state index in [-0.39, 0.29) is 18.3 Å². The van der Waals surface area contributed by atoms with Gasteiger partial charge in [-0.3, -0.25) is 4.57 Å². The number of hydrogen-bond donors (Lipinski definition) is 2. The summed E-state index contributed by atoms with van der Waals surface area (Å²) in [6.45, 7) is 0.0162. The van der Waals surface area contributed by atoms with Gasteiger partial charge in [0.05, 0.1) is 23.7 Å². The van der Waals surface area contributed by atoms with Gasteiger partial charge in [0.15, 0.2) is 0 Å². The minimum atomic E-state index is -0.131. The van der Waals surface area contributed by atoms with E-state index >= 15 is 0 Å². The Morgan fingerprint density at radius 1 is 1.56 bits per heavy atom. The van der Waals surface area contributed by atoms with E-state index in [4.69, 9.17) is 0 Å². The number of benzene rings is 1. The average molecular weight is 283 g/mol. The smallest absolute Gasteiger partial charge is 0.326 e. The van der Waals surface area contributed by atoms with Gasteiger partial charge in [-0.05, 0) is 30.5 Å². The van der Waals surface area contributed by atoms with Crippen molar-refractivity contribution in [1.82, 2.24) is 9.55 Å². The van der Waals surface area contributed by atoms with Crippen molar-refractivity contribution >= 4 is 27.0 Å². The van der Waals surface area contributed by atoms with Gasteiger partial charge in [-0.15, -0.1) is 0 Å². The van der Waals surface area contributed by atoms with Gasteiger partial charge < -0.3 is 10.1 Å². The molecule has 16 heavy (non-hydrogen) atoms. The van der Waals surface area contributed by atoms with Crippen LogP contribution < -0.4 is 5.69 Å². The lowest BCUT2D eigenvalue weighted by molar-refractivity contribution is 0.218. The molecule has 1 unspecified atom stereocenters. The maximum Gasteiger partial charge on any atom is 0.326 e. The monoisotopic (exact) mass is 282 g/mol. The first kappa shape index (κ1) is 10.1. The lowest BCUT2D eigenvalue weighted by Crippen LogP contribution is -2.27. The fourth-order valence-electron chi connectivity index (χ4n) is 2.48. The fourth-order valence-corrected chi connectivity index (χ4v) is 2.98. The zero-order chi connectivity index (χ0) is 11.3. The number of aliphatic hydroxyl groups is 1. The number of aliphatic hydroxyl groups excluding tert-OH is 1. The first-order valence-electron chi connectivity index (χ1n) is 5.24. The van der Waals surface area contributed by atoms with Crippen LogP contribution in [0.1, 0.15) is 18.0 Å². The molecule has 5 heteroatoms. The van der Waals surface area contributed by atoms with Gasteiger partial charge in [0.25, 0.3) is 0 Å². The number of imidazole rings is 1. The minimum absolute atomic E-state index is 0.0162. The van der Waals surface area contributed by atoms with Crippen molar-refractivity contribution in [3.05, 3.63) is 32.7 Å². The predicted octanol–water partition coefficient (Wildman–Crippen LogP) is 1.57. The van der Waals surface area contributed by atoms with Gasteiger partial charge >= 0.3 is 5.69 Å². The van der Waals surface area contributed by atoms with Gasteiger partial charge in [-0.2, -0.15) is 0 Å². The summed E-state index contributed by atoms with van der Waals surface area (Å²) in [5.74, 6) is 0. The number of aryl methyl sites for hydroxylation is 1. The van der Waals surface area contributed by atoms with Crippen LogP contribution >= 0.6 is 15.9 Å². The van der Waals surface area contributed by atoms with Crippen molar-refractivity contribution in [1.29, 1.82) is 0 Å². The summed E-state index contributed by atoms with van der Waals surface area (Å²) in [5.41, 5.74) is 2.81. The Hall–Kier alpha value is -1.07. The van der Waals surface area contributed by atoms with Crippen LogP contribution in [0, 0.1) is 0 Å². The molecule has 2 aromatic rings. The van der Waals surface area contributed by atoms with E-state index in [0.29, 0.717) is 0 Å². The van der Waals surface area contributed by atoms with Crippen LogP contribution in [0.3, 0.4) is 0 Å². The third-order valence-electron chi connectivity index (χ3n) is 3.18. The highest BCUT2D eigenvalue weighted by atomic mass is 79.9. The normalized spacial score (nSPS) is 19.2. The maximum atomic E-state index is 11.8.